The van der Waals surface area contributed by atoms with Gasteiger partial charge in [-0.1, -0.05) is 0 Å². The number of rotatable bonds is 4. The van der Waals surface area contributed by atoms with Crippen molar-refractivity contribution in [2.75, 3.05) is 24.7 Å². The molecule has 2 aromatic rings. The van der Waals surface area contributed by atoms with E-state index in [1.165, 1.54) is 38.4 Å². The van der Waals surface area contributed by atoms with Crippen molar-refractivity contribution >= 4 is 33.2 Å². The monoisotopic (exact) mass is 389 g/mol. The Morgan fingerprint density at radius 1 is 1.15 bits per heavy atom. The lowest BCUT2D eigenvalue weighted by atomic mass is 10.2. The molecule has 0 saturated carbocycles. The van der Waals surface area contributed by atoms with Gasteiger partial charge in [0.25, 0.3) is 11.8 Å². The Balaban J connectivity index is 1.76. The number of benzene rings is 2. The number of carbonyl (C=O) groups excluding carboxylic acids is 2. The molecule has 0 saturated heterocycles. The average molecular weight is 389 g/mol. The molecule has 142 valence electrons. The van der Waals surface area contributed by atoms with Crippen molar-refractivity contribution in [3.05, 3.63) is 48.0 Å². The number of ether oxygens (including phenoxy) is 1. The van der Waals surface area contributed by atoms with Crippen molar-refractivity contribution in [2.24, 2.45) is 0 Å². The fourth-order valence-corrected chi connectivity index (χ4v) is 3.38. The van der Waals surface area contributed by atoms with E-state index in [1.807, 2.05) is 0 Å². The highest BCUT2D eigenvalue weighted by Crippen LogP contribution is 2.32. The first kappa shape index (κ1) is 18.9. The normalized spacial score (nSPS) is 16.3. The fraction of sp³-hybridized carbons (Fsp3) is 0.222. The van der Waals surface area contributed by atoms with Gasteiger partial charge in [0.05, 0.1) is 10.6 Å². The van der Waals surface area contributed by atoms with Crippen LogP contribution in [0.5, 0.6) is 5.75 Å². The maximum atomic E-state index is 12.4. The standard InChI is InChI=1S/C18H19N3O5S/c1-11-17(22)20-15-10-13(6-9-16(15)26-11)19-18(23)12-4-7-14(8-5-12)27(24,25)21(2)3/h4-11H,1-3H3,(H,19,23)(H,20,22). The van der Waals surface area contributed by atoms with E-state index in [9.17, 15) is 18.0 Å². The first-order valence-corrected chi connectivity index (χ1v) is 9.58. The fourth-order valence-electron chi connectivity index (χ4n) is 2.48. The van der Waals surface area contributed by atoms with Gasteiger partial charge in [-0.2, -0.15) is 0 Å². The summed E-state index contributed by atoms with van der Waals surface area (Å²) in [5.74, 6) is -0.137. The Morgan fingerprint density at radius 3 is 2.44 bits per heavy atom. The number of fused-ring (bicyclic) bond motifs is 1. The van der Waals surface area contributed by atoms with Gasteiger partial charge in [-0.3, -0.25) is 9.59 Å². The average Bonchev–Trinajstić information content (AvgIpc) is 2.63. The van der Waals surface area contributed by atoms with E-state index in [-0.39, 0.29) is 10.8 Å². The number of nitrogens with zero attached hydrogens (tertiary/aromatic N) is 1. The second-order valence-corrected chi connectivity index (χ2v) is 8.38. The number of hydrogen-bond donors (Lipinski definition) is 2. The van der Waals surface area contributed by atoms with Gasteiger partial charge in [0.1, 0.15) is 5.75 Å². The lowest BCUT2D eigenvalue weighted by Crippen LogP contribution is -2.34. The van der Waals surface area contributed by atoms with Gasteiger partial charge >= 0.3 is 0 Å². The van der Waals surface area contributed by atoms with Crippen molar-refractivity contribution < 1.29 is 22.7 Å². The molecule has 0 spiro atoms. The van der Waals surface area contributed by atoms with Gasteiger partial charge in [0, 0.05) is 25.3 Å². The first-order valence-electron chi connectivity index (χ1n) is 8.14. The Bertz CT molecular complexity index is 1000. The second-order valence-electron chi connectivity index (χ2n) is 6.23. The highest BCUT2D eigenvalue weighted by Gasteiger charge is 2.24. The summed E-state index contributed by atoms with van der Waals surface area (Å²) in [6, 6.07) is 10.6. The molecule has 0 aliphatic carbocycles. The van der Waals surface area contributed by atoms with Gasteiger partial charge in [-0.25, -0.2) is 12.7 Å². The zero-order valence-electron chi connectivity index (χ0n) is 15.0. The molecule has 0 bridgehead atoms. The van der Waals surface area contributed by atoms with Crippen molar-refractivity contribution in [3.8, 4) is 5.75 Å². The highest BCUT2D eigenvalue weighted by molar-refractivity contribution is 7.89. The van der Waals surface area contributed by atoms with E-state index in [0.717, 1.165) is 4.31 Å². The second kappa shape index (κ2) is 7.01. The van der Waals surface area contributed by atoms with E-state index in [4.69, 9.17) is 4.74 Å². The predicted molar refractivity (Wildman–Crippen MR) is 100 cm³/mol. The van der Waals surface area contributed by atoms with Crippen molar-refractivity contribution in [1.82, 2.24) is 4.31 Å². The molecule has 1 aliphatic heterocycles. The molecule has 9 heteroatoms. The number of carbonyl (C=O) groups is 2. The Kier molecular flexibility index (Phi) is 4.90. The van der Waals surface area contributed by atoms with E-state index < -0.39 is 22.0 Å². The zero-order chi connectivity index (χ0) is 19.8. The quantitative estimate of drug-likeness (QED) is 0.831. The molecule has 0 aromatic heterocycles. The minimum Gasteiger partial charge on any atom is -0.479 e. The summed E-state index contributed by atoms with van der Waals surface area (Å²) >= 11 is 0. The number of amides is 2. The van der Waals surface area contributed by atoms with Gasteiger partial charge < -0.3 is 15.4 Å². The van der Waals surface area contributed by atoms with Crippen LogP contribution in [0, 0.1) is 0 Å². The summed E-state index contributed by atoms with van der Waals surface area (Å²) in [7, 11) is -0.671. The third-order valence-corrected chi connectivity index (χ3v) is 5.89. The van der Waals surface area contributed by atoms with Crippen LogP contribution in [-0.2, 0) is 14.8 Å². The number of anilines is 2. The first-order chi connectivity index (χ1) is 12.7. The maximum Gasteiger partial charge on any atom is 0.265 e. The topological polar surface area (TPSA) is 105 Å². The summed E-state index contributed by atoms with van der Waals surface area (Å²) in [5.41, 5.74) is 1.25. The summed E-state index contributed by atoms with van der Waals surface area (Å²) in [6.07, 6.45) is -0.574. The predicted octanol–water partition coefficient (Wildman–Crippen LogP) is 1.91. The van der Waals surface area contributed by atoms with E-state index in [1.54, 1.807) is 25.1 Å². The van der Waals surface area contributed by atoms with Gasteiger partial charge in [-0.15, -0.1) is 0 Å². The van der Waals surface area contributed by atoms with E-state index >= 15 is 0 Å². The molecule has 0 radical (unpaired) electrons. The van der Waals surface area contributed by atoms with Gasteiger partial charge in [-0.05, 0) is 49.4 Å². The maximum absolute atomic E-state index is 12.4. The molecule has 1 atom stereocenters. The third-order valence-electron chi connectivity index (χ3n) is 4.06. The van der Waals surface area contributed by atoms with Crippen LogP contribution in [0.3, 0.4) is 0 Å². The Hall–Kier alpha value is -2.91. The minimum atomic E-state index is -3.55. The molecular weight excluding hydrogens is 370 g/mol. The van der Waals surface area contributed by atoms with Crippen LogP contribution in [0.25, 0.3) is 0 Å². The van der Waals surface area contributed by atoms with Crippen LogP contribution in [0.4, 0.5) is 11.4 Å². The largest absolute Gasteiger partial charge is 0.479 e. The molecule has 2 N–H and O–H groups in total. The van der Waals surface area contributed by atoms with Crippen LogP contribution < -0.4 is 15.4 Å². The van der Waals surface area contributed by atoms with Crippen molar-refractivity contribution in [1.29, 1.82) is 0 Å². The summed E-state index contributed by atoms with van der Waals surface area (Å²) in [4.78, 5) is 24.2. The summed E-state index contributed by atoms with van der Waals surface area (Å²) in [6.45, 7) is 1.65. The lowest BCUT2D eigenvalue weighted by Gasteiger charge is -2.23. The molecule has 0 fully saturated rings. The molecule has 27 heavy (non-hydrogen) atoms. The smallest absolute Gasteiger partial charge is 0.265 e. The van der Waals surface area contributed by atoms with Crippen LogP contribution in [0.1, 0.15) is 17.3 Å². The van der Waals surface area contributed by atoms with E-state index in [0.29, 0.717) is 22.7 Å². The van der Waals surface area contributed by atoms with Crippen LogP contribution >= 0.6 is 0 Å². The summed E-state index contributed by atoms with van der Waals surface area (Å²) < 4.78 is 30.7. The number of hydrogen-bond acceptors (Lipinski definition) is 5. The molecule has 8 nitrogen and oxygen atoms in total. The molecule has 1 unspecified atom stereocenters. The molecular formula is C18H19N3O5S. The number of sulfonamides is 1. The van der Waals surface area contributed by atoms with Crippen molar-refractivity contribution in [3.63, 3.8) is 0 Å². The van der Waals surface area contributed by atoms with Crippen LogP contribution in [0.15, 0.2) is 47.4 Å². The summed E-state index contributed by atoms with van der Waals surface area (Å²) in [5, 5.41) is 5.42. The number of nitrogens with one attached hydrogen (secondary N) is 2. The minimum absolute atomic E-state index is 0.104. The van der Waals surface area contributed by atoms with Crippen molar-refractivity contribution in [2.45, 2.75) is 17.9 Å². The SMILES string of the molecule is CC1Oc2ccc(NC(=O)c3ccc(S(=O)(=O)N(C)C)cc3)cc2NC1=O. The molecule has 3 rings (SSSR count). The highest BCUT2D eigenvalue weighted by atomic mass is 32.2. The Labute approximate surface area is 157 Å². The molecule has 2 amide bonds. The molecule has 1 aliphatic rings. The zero-order valence-corrected chi connectivity index (χ0v) is 15.8. The molecule has 1 heterocycles. The van der Waals surface area contributed by atoms with Gasteiger partial charge in [0.2, 0.25) is 10.0 Å². The van der Waals surface area contributed by atoms with Crippen LogP contribution in [-0.4, -0.2) is 44.7 Å². The van der Waals surface area contributed by atoms with E-state index in [2.05, 4.69) is 10.6 Å². The third kappa shape index (κ3) is 3.79. The van der Waals surface area contributed by atoms with Crippen LogP contribution in [0.2, 0.25) is 0 Å². The lowest BCUT2D eigenvalue weighted by molar-refractivity contribution is -0.122. The Morgan fingerprint density at radius 2 is 1.81 bits per heavy atom. The molecule has 2 aromatic carbocycles. The van der Waals surface area contributed by atoms with Gasteiger partial charge in [0.15, 0.2) is 6.10 Å².